The van der Waals surface area contributed by atoms with Crippen LogP contribution in [0.4, 0.5) is 0 Å². The highest BCUT2D eigenvalue weighted by molar-refractivity contribution is 5.77. The van der Waals surface area contributed by atoms with Gasteiger partial charge >= 0.3 is 0 Å². The first-order valence-electron chi connectivity index (χ1n) is 6.64. The predicted molar refractivity (Wildman–Crippen MR) is 67.2 cm³/mol. The molecule has 94 valence electrons. The van der Waals surface area contributed by atoms with Gasteiger partial charge in [0.15, 0.2) is 0 Å². The smallest absolute Gasteiger partial charge is 0.223 e. The fraction of sp³-hybridized carbons (Fsp3) is 0.923. The van der Waals surface area contributed by atoms with Crippen LogP contribution in [0.1, 0.15) is 58.8 Å². The third-order valence-corrected chi connectivity index (χ3v) is 3.73. The van der Waals surface area contributed by atoms with Crippen LogP contribution in [0, 0.1) is 0 Å². The van der Waals surface area contributed by atoms with E-state index < -0.39 is 0 Å². The summed E-state index contributed by atoms with van der Waals surface area (Å²) in [6.07, 6.45) is 7.54. The van der Waals surface area contributed by atoms with E-state index in [4.69, 9.17) is 5.73 Å². The number of carbonyl (C=O) groups excluding carboxylic acids is 1. The van der Waals surface area contributed by atoms with Crippen molar-refractivity contribution in [3.63, 3.8) is 0 Å². The lowest BCUT2D eigenvalue weighted by atomic mass is 9.99. The molecular formula is C13H26N2O. The maximum Gasteiger partial charge on any atom is 0.223 e. The summed E-state index contributed by atoms with van der Waals surface area (Å²) in [4.78, 5) is 14.1. The van der Waals surface area contributed by atoms with E-state index in [9.17, 15) is 4.79 Å². The number of unbranched alkanes of at least 4 members (excludes halogenated alkanes) is 3. The molecule has 1 atom stereocenters. The van der Waals surface area contributed by atoms with Gasteiger partial charge in [0.05, 0.1) is 5.54 Å². The summed E-state index contributed by atoms with van der Waals surface area (Å²) in [7, 11) is 0. The Balaban J connectivity index is 2.35. The molecule has 1 saturated heterocycles. The van der Waals surface area contributed by atoms with Crippen molar-refractivity contribution in [2.24, 2.45) is 5.73 Å². The van der Waals surface area contributed by atoms with Crippen LogP contribution in [0.5, 0.6) is 0 Å². The molecule has 16 heavy (non-hydrogen) atoms. The largest absolute Gasteiger partial charge is 0.336 e. The molecule has 1 fully saturated rings. The molecule has 1 amide bonds. The van der Waals surface area contributed by atoms with Gasteiger partial charge in [0, 0.05) is 19.5 Å². The minimum atomic E-state index is -0.0676. The number of likely N-dealkylation sites (tertiary alicyclic amines) is 1. The quantitative estimate of drug-likeness (QED) is 0.706. The maximum absolute atomic E-state index is 12.1. The SMILES string of the molecule is CCCCCCC(=O)N1CCCC1(C)CN. The zero-order valence-corrected chi connectivity index (χ0v) is 10.8. The van der Waals surface area contributed by atoms with Crippen LogP contribution in [-0.2, 0) is 4.79 Å². The minimum Gasteiger partial charge on any atom is -0.336 e. The van der Waals surface area contributed by atoms with E-state index in [1.165, 1.54) is 19.3 Å². The fourth-order valence-corrected chi connectivity index (χ4v) is 2.50. The Bertz CT molecular complexity index is 230. The van der Waals surface area contributed by atoms with Gasteiger partial charge < -0.3 is 10.6 Å². The first kappa shape index (κ1) is 13.5. The van der Waals surface area contributed by atoms with Crippen molar-refractivity contribution < 1.29 is 4.79 Å². The van der Waals surface area contributed by atoms with Crippen LogP contribution >= 0.6 is 0 Å². The van der Waals surface area contributed by atoms with E-state index in [-0.39, 0.29) is 5.54 Å². The first-order chi connectivity index (χ1) is 7.64. The van der Waals surface area contributed by atoms with Crippen molar-refractivity contribution >= 4 is 5.91 Å². The molecule has 0 spiro atoms. The summed E-state index contributed by atoms with van der Waals surface area (Å²) in [5.74, 6) is 0.307. The average molecular weight is 226 g/mol. The number of amides is 1. The second kappa shape index (κ2) is 6.24. The van der Waals surface area contributed by atoms with Crippen molar-refractivity contribution in [3.05, 3.63) is 0 Å². The van der Waals surface area contributed by atoms with Gasteiger partial charge in [-0.1, -0.05) is 26.2 Å². The second-order valence-electron chi connectivity index (χ2n) is 5.16. The number of hydrogen-bond acceptors (Lipinski definition) is 2. The van der Waals surface area contributed by atoms with Crippen molar-refractivity contribution in [2.75, 3.05) is 13.1 Å². The van der Waals surface area contributed by atoms with Crippen molar-refractivity contribution in [1.29, 1.82) is 0 Å². The summed E-state index contributed by atoms with van der Waals surface area (Å²) < 4.78 is 0. The number of rotatable bonds is 6. The van der Waals surface area contributed by atoms with Crippen LogP contribution in [0.25, 0.3) is 0 Å². The maximum atomic E-state index is 12.1. The van der Waals surface area contributed by atoms with Crippen LogP contribution < -0.4 is 5.73 Å². The molecule has 0 aliphatic carbocycles. The molecule has 0 aromatic carbocycles. The van der Waals surface area contributed by atoms with Crippen LogP contribution in [0.2, 0.25) is 0 Å². The van der Waals surface area contributed by atoms with E-state index in [1.807, 2.05) is 4.90 Å². The minimum absolute atomic E-state index is 0.0676. The molecule has 2 N–H and O–H groups in total. The molecule has 1 aliphatic heterocycles. The lowest BCUT2D eigenvalue weighted by molar-refractivity contribution is -0.134. The molecule has 1 rings (SSSR count). The highest BCUT2D eigenvalue weighted by Crippen LogP contribution is 2.28. The third kappa shape index (κ3) is 3.21. The summed E-state index contributed by atoms with van der Waals surface area (Å²) in [5.41, 5.74) is 5.71. The third-order valence-electron chi connectivity index (χ3n) is 3.73. The summed E-state index contributed by atoms with van der Waals surface area (Å²) >= 11 is 0. The van der Waals surface area contributed by atoms with Gasteiger partial charge in [-0.15, -0.1) is 0 Å². The second-order valence-corrected chi connectivity index (χ2v) is 5.16. The normalized spacial score (nSPS) is 25.1. The monoisotopic (exact) mass is 226 g/mol. The van der Waals surface area contributed by atoms with Gasteiger partial charge in [-0.05, 0) is 26.2 Å². The zero-order chi connectivity index (χ0) is 12.0. The molecule has 3 nitrogen and oxygen atoms in total. The van der Waals surface area contributed by atoms with Gasteiger partial charge in [0.25, 0.3) is 0 Å². The first-order valence-corrected chi connectivity index (χ1v) is 6.64. The van der Waals surface area contributed by atoms with Crippen LogP contribution in [-0.4, -0.2) is 29.4 Å². The van der Waals surface area contributed by atoms with Crippen molar-refractivity contribution in [3.8, 4) is 0 Å². The molecule has 1 unspecified atom stereocenters. The average Bonchev–Trinajstić information content (AvgIpc) is 2.67. The van der Waals surface area contributed by atoms with E-state index >= 15 is 0 Å². The number of carbonyl (C=O) groups is 1. The Morgan fingerprint density at radius 3 is 2.75 bits per heavy atom. The molecule has 3 heteroatoms. The summed E-state index contributed by atoms with van der Waals surface area (Å²) in [6.45, 7) is 5.80. The summed E-state index contributed by atoms with van der Waals surface area (Å²) in [5, 5.41) is 0. The van der Waals surface area contributed by atoms with Gasteiger partial charge in [-0.3, -0.25) is 4.79 Å². The Morgan fingerprint density at radius 1 is 1.38 bits per heavy atom. The number of hydrogen-bond donors (Lipinski definition) is 1. The highest BCUT2D eigenvalue weighted by atomic mass is 16.2. The van der Waals surface area contributed by atoms with Crippen molar-refractivity contribution in [2.45, 2.75) is 64.3 Å². The molecular weight excluding hydrogens is 200 g/mol. The van der Waals surface area contributed by atoms with Gasteiger partial charge in [0.1, 0.15) is 0 Å². The summed E-state index contributed by atoms with van der Waals surface area (Å²) in [6, 6.07) is 0. The van der Waals surface area contributed by atoms with Gasteiger partial charge in [-0.2, -0.15) is 0 Å². The zero-order valence-electron chi connectivity index (χ0n) is 10.8. The van der Waals surface area contributed by atoms with Crippen LogP contribution in [0.3, 0.4) is 0 Å². The number of nitrogens with two attached hydrogens (primary N) is 1. The predicted octanol–water partition coefficient (Wildman–Crippen LogP) is 2.30. The number of nitrogens with zero attached hydrogens (tertiary/aromatic N) is 1. The Kier molecular flexibility index (Phi) is 5.26. The molecule has 1 heterocycles. The van der Waals surface area contributed by atoms with Crippen LogP contribution in [0.15, 0.2) is 0 Å². The molecule has 0 radical (unpaired) electrons. The molecule has 0 aromatic heterocycles. The fourth-order valence-electron chi connectivity index (χ4n) is 2.50. The molecule has 1 aliphatic rings. The Morgan fingerprint density at radius 2 is 2.12 bits per heavy atom. The van der Waals surface area contributed by atoms with E-state index in [2.05, 4.69) is 13.8 Å². The standard InChI is InChI=1S/C13H26N2O/c1-3-4-5-6-8-12(16)15-10-7-9-13(15,2)11-14/h3-11,14H2,1-2H3. The van der Waals surface area contributed by atoms with Gasteiger partial charge in [-0.25, -0.2) is 0 Å². The topological polar surface area (TPSA) is 46.3 Å². The van der Waals surface area contributed by atoms with E-state index in [0.29, 0.717) is 18.9 Å². The molecule has 0 saturated carbocycles. The van der Waals surface area contributed by atoms with Crippen molar-refractivity contribution in [1.82, 2.24) is 4.90 Å². The Labute approximate surface area is 99.4 Å². The Hall–Kier alpha value is -0.570. The molecule has 0 aromatic rings. The lowest BCUT2D eigenvalue weighted by Gasteiger charge is -2.34. The molecule has 0 bridgehead atoms. The van der Waals surface area contributed by atoms with Gasteiger partial charge in [0.2, 0.25) is 5.91 Å². The highest BCUT2D eigenvalue weighted by Gasteiger charge is 2.37. The van der Waals surface area contributed by atoms with E-state index in [0.717, 1.165) is 25.8 Å². The van der Waals surface area contributed by atoms with E-state index in [1.54, 1.807) is 0 Å². The lowest BCUT2D eigenvalue weighted by Crippen LogP contribution is -2.49.